The fourth-order valence-corrected chi connectivity index (χ4v) is 5.20. The Hall–Kier alpha value is -3.89. The third-order valence-corrected chi connectivity index (χ3v) is 7.57. The Kier molecular flexibility index (Phi) is 11.6. The average molecular weight is 594 g/mol. The second-order valence-electron chi connectivity index (χ2n) is 11.1. The maximum atomic E-state index is 13.4. The van der Waals surface area contributed by atoms with Gasteiger partial charge in [0, 0.05) is 38.7 Å². The van der Waals surface area contributed by atoms with Crippen LogP contribution >= 0.6 is 0 Å². The molecule has 3 aromatic rings. The lowest BCUT2D eigenvalue weighted by molar-refractivity contribution is -0.143. The number of unbranched alkanes of at least 4 members (excludes halogenated alkanes) is 3. The number of benzene rings is 2. The van der Waals surface area contributed by atoms with Gasteiger partial charge in [-0.1, -0.05) is 56.1 Å². The maximum Gasteiger partial charge on any atom is 0.305 e. The first-order valence-electron chi connectivity index (χ1n) is 15.2. The van der Waals surface area contributed by atoms with Gasteiger partial charge in [0.2, 0.25) is 0 Å². The molecule has 2 aromatic carbocycles. The molecule has 10 nitrogen and oxygen atoms in total. The van der Waals surface area contributed by atoms with Crippen LogP contribution in [0.3, 0.4) is 0 Å². The standard InChI is InChI=1S/C33H43N3O7/c1-4-42-29(39)9-7-5-6-8-14-34-33(40)31-30(24-12-10-23(11-13-24)21-36-15-17-41-18-16-36)32(43-35-31)26-19-25(22(2)3)27(37)20-28(26)38/h10-13,19-20,22,37-38H,4-9,14-18,21H2,1-3H3,(H,34,40). The van der Waals surface area contributed by atoms with E-state index in [-0.39, 0.29) is 40.7 Å². The van der Waals surface area contributed by atoms with Gasteiger partial charge in [-0.25, -0.2) is 0 Å². The molecule has 0 radical (unpaired) electrons. The van der Waals surface area contributed by atoms with E-state index in [0.717, 1.165) is 69.7 Å². The van der Waals surface area contributed by atoms with E-state index in [0.29, 0.717) is 36.3 Å². The Bertz CT molecular complexity index is 1360. The first-order valence-corrected chi connectivity index (χ1v) is 15.2. The normalized spacial score (nSPS) is 13.8. The zero-order valence-corrected chi connectivity index (χ0v) is 25.4. The van der Waals surface area contributed by atoms with Crippen LogP contribution in [0.1, 0.15) is 80.4 Å². The highest BCUT2D eigenvalue weighted by Crippen LogP contribution is 2.43. The molecule has 1 fully saturated rings. The van der Waals surface area contributed by atoms with Gasteiger partial charge in [-0.15, -0.1) is 0 Å². The zero-order valence-electron chi connectivity index (χ0n) is 25.4. The molecule has 1 aromatic heterocycles. The molecule has 3 N–H and O–H groups in total. The number of aromatic hydroxyl groups is 2. The molecule has 43 heavy (non-hydrogen) atoms. The summed E-state index contributed by atoms with van der Waals surface area (Å²) in [6, 6.07) is 10.9. The second kappa shape index (κ2) is 15.5. The third kappa shape index (κ3) is 8.58. The van der Waals surface area contributed by atoms with Crippen molar-refractivity contribution in [1.82, 2.24) is 15.4 Å². The van der Waals surface area contributed by atoms with Gasteiger partial charge in [0.15, 0.2) is 11.5 Å². The van der Waals surface area contributed by atoms with E-state index in [2.05, 4.69) is 15.4 Å². The van der Waals surface area contributed by atoms with E-state index in [1.165, 1.54) is 6.07 Å². The molecule has 0 spiro atoms. The lowest BCUT2D eigenvalue weighted by Gasteiger charge is -2.26. The molecule has 2 heterocycles. The van der Waals surface area contributed by atoms with Crippen molar-refractivity contribution >= 4 is 11.9 Å². The Morgan fingerprint density at radius 3 is 2.44 bits per heavy atom. The van der Waals surface area contributed by atoms with Crippen molar-refractivity contribution in [3.05, 3.63) is 53.2 Å². The number of phenols is 2. The first kappa shape index (κ1) is 32.0. The largest absolute Gasteiger partial charge is 0.508 e. The lowest BCUT2D eigenvalue weighted by atomic mass is 9.94. The molecule has 0 unspecified atom stereocenters. The molecule has 1 aliphatic heterocycles. The predicted octanol–water partition coefficient (Wildman–Crippen LogP) is 5.62. The van der Waals surface area contributed by atoms with Crippen LogP contribution in [0, 0.1) is 0 Å². The number of ether oxygens (including phenoxy) is 2. The number of hydrogen-bond donors (Lipinski definition) is 3. The topological polar surface area (TPSA) is 134 Å². The van der Waals surface area contributed by atoms with E-state index in [1.807, 2.05) is 38.1 Å². The molecule has 4 rings (SSSR count). The minimum atomic E-state index is -0.378. The molecular weight excluding hydrogens is 550 g/mol. The minimum Gasteiger partial charge on any atom is -0.508 e. The number of aromatic nitrogens is 1. The summed E-state index contributed by atoms with van der Waals surface area (Å²) in [4.78, 5) is 27.2. The summed E-state index contributed by atoms with van der Waals surface area (Å²) < 4.78 is 16.2. The summed E-state index contributed by atoms with van der Waals surface area (Å²) in [5, 5.41) is 28.3. The van der Waals surface area contributed by atoms with Gasteiger partial charge in [-0.05, 0) is 48.4 Å². The number of hydrogen-bond acceptors (Lipinski definition) is 9. The summed E-state index contributed by atoms with van der Waals surface area (Å²) in [5.74, 6) is -0.492. The molecule has 0 saturated carbocycles. The van der Waals surface area contributed by atoms with Gasteiger partial charge < -0.3 is 29.5 Å². The highest BCUT2D eigenvalue weighted by molar-refractivity contribution is 6.02. The quantitative estimate of drug-likeness (QED) is 0.161. The Labute approximate surface area is 253 Å². The van der Waals surface area contributed by atoms with Crippen LogP contribution in [0.15, 0.2) is 40.9 Å². The SMILES string of the molecule is CCOC(=O)CCCCCCNC(=O)c1noc(-c2cc(C(C)C)c(O)cc2O)c1-c1ccc(CN2CCOCC2)cc1. The predicted molar refractivity (Wildman–Crippen MR) is 163 cm³/mol. The first-order chi connectivity index (χ1) is 20.8. The van der Waals surface area contributed by atoms with Crippen molar-refractivity contribution in [2.75, 3.05) is 39.5 Å². The third-order valence-electron chi connectivity index (χ3n) is 7.57. The summed E-state index contributed by atoms with van der Waals surface area (Å²) in [6.45, 7) is 10.5. The lowest BCUT2D eigenvalue weighted by Crippen LogP contribution is -2.35. The number of carbonyl (C=O) groups excluding carboxylic acids is 2. The number of morpholine rings is 1. The van der Waals surface area contributed by atoms with Crippen LogP contribution in [0.2, 0.25) is 0 Å². The van der Waals surface area contributed by atoms with Crippen molar-refractivity contribution in [1.29, 1.82) is 0 Å². The van der Waals surface area contributed by atoms with Gasteiger partial charge >= 0.3 is 5.97 Å². The molecule has 0 aliphatic carbocycles. The van der Waals surface area contributed by atoms with Crippen LogP contribution in [-0.2, 0) is 20.8 Å². The average Bonchev–Trinajstić information content (AvgIpc) is 3.42. The van der Waals surface area contributed by atoms with Crippen LogP contribution < -0.4 is 5.32 Å². The summed E-state index contributed by atoms with van der Waals surface area (Å²) in [7, 11) is 0. The highest BCUT2D eigenvalue weighted by Gasteiger charge is 2.27. The molecule has 1 aliphatic rings. The maximum absolute atomic E-state index is 13.4. The monoisotopic (exact) mass is 593 g/mol. The minimum absolute atomic E-state index is 0.00903. The van der Waals surface area contributed by atoms with Gasteiger partial charge in [0.05, 0.1) is 30.9 Å². The molecule has 232 valence electrons. The van der Waals surface area contributed by atoms with Crippen LogP contribution in [0.25, 0.3) is 22.5 Å². The van der Waals surface area contributed by atoms with Gasteiger partial charge in [-0.2, -0.15) is 0 Å². The van der Waals surface area contributed by atoms with Gasteiger partial charge in [0.1, 0.15) is 11.5 Å². The number of amides is 1. The van der Waals surface area contributed by atoms with E-state index >= 15 is 0 Å². The van der Waals surface area contributed by atoms with E-state index in [1.54, 1.807) is 13.0 Å². The van der Waals surface area contributed by atoms with Crippen molar-refractivity contribution in [2.45, 2.75) is 65.3 Å². The van der Waals surface area contributed by atoms with E-state index in [9.17, 15) is 19.8 Å². The Morgan fingerprint density at radius 2 is 1.74 bits per heavy atom. The van der Waals surface area contributed by atoms with Crippen molar-refractivity contribution in [2.24, 2.45) is 0 Å². The summed E-state index contributed by atoms with van der Waals surface area (Å²) in [6.07, 6.45) is 3.63. The van der Waals surface area contributed by atoms with Crippen molar-refractivity contribution < 1.29 is 33.8 Å². The van der Waals surface area contributed by atoms with E-state index < -0.39 is 0 Å². The number of phenolic OH excluding ortho intramolecular Hbond substituents is 2. The van der Waals surface area contributed by atoms with Crippen molar-refractivity contribution in [3.8, 4) is 33.9 Å². The fourth-order valence-electron chi connectivity index (χ4n) is 5.20. The van der Waals surface area contributed by atoms with Crippen LogP contribution in [0.5, 0.6) is 11.5 Å². The molecular formula is C33H43N3O7. The Morgan fingerprint density at radius 1 is 1.02 bits per heavy atom. The smallest absolute Gasteiger partial charge is 0.305 e. The van der Waals surface area contributed by atoms with Gasteiger partial charge in [0.25, 0.3) is 5.91 Å². The molecule has 1 amide bonds. The number of esters is 1. The molecule has 1 saturated heterocycles. The summed E-state index contributed by atoms with van der Waals surface area (Å²) >= 11 is 0. The van der Waals surface area contributed by atoms with Crippen LogP contribution in [-0.4, -0.2) is 71.6 Å². The zero-order chi connectivity index (χ0) is 30.8. The number of nitrogens with one attached hydrogen (secondary N) is 1. The van der Waals surface area contributed by atoms with E-state index in [4.69, 9.17) is 14.0 Å². The Balaban J connectivity index is 1.54. The number of rotatable bonds is 14. The van der Waals surface area contributed by atoms with Crippen LogP contribution in [0.4, 0.5) is 0 Å². The fraction of sp³-hybridized carbons (Fsp3) is 0.485. The van der Waals surface area contributed by atoms with Gasteiger partial charge in [-0.3, -0.25) is 14.5 Å². The molecule has 0 bridgehead atoms. The number of nitrogens with zero attached hydrogens (tertiary/aromatic N) is 2. The molecule has 10 heteroatoms. The second-order valence-corrected chi connectivity index (χ2v) is 11.1. The summed E-state index contributed by atoms with van der Waals surface area (Å²) in [5.41, 5.74) is 3.45. The highest BCUT2D eigenvalue weighted by atomic mass is 16.5. The number of carbonyl (C=O) groups is 2. The van der Waals surface area contributed by atoms with Crippen molar-refractivity contribution in [3.63, 3.8) is 0 Å². The molecule has 0 atom stereocenters.